The van der Waals surface area contributed by atoms with Gasteiger partial charge in [-0.15, -0.1) is 0 Å². The number of alkyl halides is 3. The van der Waals surface area contributed by atoms with Crippen LogP contribution in [-0.2, 0) is 10.0 Å². The summed E-state index contributed by atoms with van der Waals surface area (Å²) in [4.78, 5) is 16.5. The largest absolute Gasteiger partial charge is 0.404 e. The summed E-state index contributed by atoms with van der Waals surface area (Å²) in [7, 11) is -4.50. The zero-order valence-electron chi connectivity index (χ0n) is 17.1. The van der Waals surface area contributed by atoms with Gasteiger partial charge in [0.15, 0.2) is 0 Å². The van der Waals surface area contributed by atoms with Crippen LogP contribution in [0.2, 0.25) is 0 Å². The van der Waals surface area contributed by atoms with Crippen LogP contribution in [0.25, 0.3) is 28.4 Å². The van der Waals surface area contributed by atoms with Gasteiger partial charge in [-0.2, -0.15) is 23.2 Å². The summed E-state index contributed by atoms with van der Waals surface area (Å²) < 4.78 is 66.9. The number of nitrogens with zero attached hydrogens (tertiary/aromatic N) is 6. The lowest BCUT2D eigenvalue weighted by atomic mass is 10.1. The van der Waals surface area contributed by atoms with Crippen LogP contribution in [-0.4, -0.2) is 45.1 Å². The summed E-state index contributed by atoms with van der Waals surface area (Å²) in [6.07, 6.45) is 0.696. The third-order valence-corrected chi connectivity index (χ3v) is 6.71. The van der Waals surface area contributed by atoms with Crippen LogP contribution < -0.4 is 4.72 Å². The van der Waals surface area contributed by atoms with Gasteiger partial charge >= 0.3 is 6.18 Å². The van der Waals surface area contributed by atoms with E-state index in [-0.39, 0.29) is 22.9 Å². The number of nitrogens with one attached hydrogen (secondary N) is 1. The summed E-state index contributed by atoms with van der Waals surface area (Å²) in [5, 5.41) is 10.4. The summed E-state index contributed by atoms with van der Waals surface area (Å²) in [6.45, 7) is 0.696. The zero-order chi connectivity index (χ0) is 24.7. The van der Waals surface area contributed by atoms with Gasteiger partial charge in [-0.3, -0.25) is 9.55 Å². The van der Waals surface area contributed by atoms with E-state index in [2.05, 4.69) is 41.9 Å². The minimum absolute atomic E-state index is 0.168. The van der Waals surface area contributed by atoms with Gasteiger partial charge in [-0.1, -0.05) is 0 Å². The third kappa shape index (κ3) is 4.37. The highest BCUT2D eigenvalue weighted by Gasteiger charge is 2.39. The maximum atomic E-state index is 12.8. The Labute approximate surface area is 199 Å². The van der Waals surface area contributed by atoms with E-state index in [1.165, 1.54) is 29.2 Å². The van der Waals surface area contributed by atoms with Crippen molar-refractivity contribution in [2.75, 3.05) is 0 Å². The number of hydrogen-bond acceptors (Lipinski definition) is 7. The van der Waals surface area contributed by atoms with Gasteiger partial charge in [0.25, 0.3) is 0 Å². The molecule has 4 aromatic rings. The minimum atomic E-state index is -4.75. The van der Waals surface area contributed by atoms with Crippen molar-refractivity contribution in [1.82, 2.24) is 29.2 Å². The normalized spacial score (nSPS) is 13.1. The molecule has 0 saturated carbocycles. The first-order valence-corrected chi connectivity index (χ1v) is 11.7. The van der Waals surface area contributed by atoms with Gasteiger partial charge in [-0.05, 0) is 47.1 Å². The number of fused-ring (bicyclic) bond motifs is 1. The monoisotopic (exact) mass is 551 g/mol. The zero-order valence-corrected chi connectivity index (χ0v) is 19.5. The van der Waals surface area contributed by atoms with Gasteiger partial charge in [0.2, 0.25) is 16.0 Å². The molecule has 0 aromatic carbocycles. The van der Waals surface area contributed by atoms with Crippen LogP contribution in [0.15, 0.2) is 58.4 Å². The van der Waals surface area contributed by atoms with Crippen LogP contribution in [0, 0.1) is 11.3 Å². The summed E-state index contributed by atoms with van der Waals surface area (Å²) in [6, 6.07) is 5.51. The third-order valence-electron chi connectivity index (χ3n) is 4.75. The Hall–Kier alpha value is -3.41. The summed E-state index contributed by atoms with van der Waals surface area (Å²) in [5.41, 5.74) is 0.958. The van der Waals surface area contributed by atoms with Crippen LogP contribution in [0.4, 0.5) is 13.2 Å². The smallest absolute Gasteiger partial charge is 0.259 e. The second-order valence-electron chi connectivity index (χ2n) is 7.01. The van der Waals surface area contributed by atoms with E-state index in [9.17, 15) is 26.9 Å². The number of hydrogen-bond donors (Lipinski definition) is 1. The highest BCUT2D eigenvalue weighted by molar-refractivity contribution is 9.10. The molecule has 4 rings (SSSR count). The fraction of sp³-hybridized carbons (Fsp3) is 0.150. The molecule has 0 bridgehead atoms. The predicted molar refractivity (Wildman–Crippen MR) is 118 cm³/mol. The molecular weight excluding hydrogens is 539 g/mol. The van der Waals surface area contributed by atoms with Crippen molar-refractivity contribution in [3.8, 4) is 23.4 Å². The molecule has 174 valence electrons. The van der Waals surface area contributed by atoms with Gasteiger partial charge in [0.05, 0.1) is 17.0 Å². The number of nitriles is 1. The standard InChI is InChI=1S/C20H13BrF3N7O2S/c1-11(20(22,23)24)30-34(32,33)13-3-4-16(28-10-13)17-15(8-25)14-7-12(21)9-29-18(14)31(17)19-26-5-2-6-27-19/h2-7,9-11,30H,1H3/t11-/m0/s1. The molecule has 4 aromatic heterocycles. The Balaban J connectivity index is 1.87. The van der Waals surface area contributed by atoms with E-state index in [0.717, 1.165) is 12.3 Å². The molecule has 34 heavy (non-hydrogen) atoms. The van der Waals surface area contributed by atoms with Crippen molar-refractivity contribution in [3.05, 3.63) is 59.1 Å². The van der Waals surface area contributed by atoms with Crippen molar-refractivity contribution in [2.45, 2.75) is 24.0 Å². The Morgan fingerprint density at radius 2 is 1.85 bits per heavy atom. The van der Waals surface area contributed by atoms with Crippen LogP contribution in [0.5, 0.6) is 0 Å². The van der Waals surface area contributed by atoms with Gasteiger partial charge in [0, 0.05) is 34.6 Å². The molecule has 0 aliphatic rings. The van der Waals surface area contributed by atoms with Crippen molar-refractivity contribution in [1.29, 1.82) is 5.26 Å². The maximum Gasteiger partial charge on any atom is 0.404 e. The first kappa shape index (κ1) is 23.7. The molecule has 1 N–H and O–H groups in total. The molecule has 0 fully saturated rings. The predicted octanol–water partition coefficient (Wildman–Crippen LogP) is 3.74. The number of rotatable bonds is 5. The van der Waals surface area contributed by atoms with E-state index < -0.39 is 27.1 Å². The Morgan fingerprint density at radius 3 is 2.44 bits per heavy atom. The van der Waals surface area contributed by atoms with Crippen LogP contribution in [0.3, 0.4) is 0 Å². The highest BCUT2D eigenvalue weighted by atomic mass is 79.9. The average molecular weight is 552 g/mol. The molecule has 9 nitrogen and oxygen atoms in total. The lowest BCUT2D eigenvalue weighted by Crippen LogP contribution is -2.42. The molecule has 0 saturated heterocycles. The molecule has 0 spiro atoms. The minimum Gasteiger partial charge on any atom is -0.259 e. The first-order chi connectivity index (χ1) is 16.0. The number of sulfonamides is 1. The van der Waals surface area contributed by atoms with Gasteiger partial charge in [-0.25, -0.2) is 23.4 Å². The lowest BCUT2D eigenvalue weighted by molar-refractivity contribution is -0.147. The van der Waals surface area contributed by atoms with E-state index in [1.807, 2.05) is 0 Å². The SMILES string of the molecule is C[C@H](NS(=O)(=O)c1ccc(-c2c(C#N)c3cc(Br)cnc3n2-c2ncccn2)nc1)C(F)(F)F. The van der Waals surface area contributed by atoms with Gasteiger partial charge in [0.1, 0.15) is 22.7 Å². The average Bonchev–Trinajstić information content (AvgIpc) is 3.12. The van der Waals surface area contributed by atoms with Crippen LogP contribution >= 0.6 is 15.9 Å². The lowest BCUT2D eigenvalue weighted by Gasteiger charge is -2.17. The van der Waals surface area contributed by atoms with Crippen molar-refractivity contribution in [3.63, 3.8) is 0 Å². The summed E-state index contributed by atoms with van der Waals surface area (Å²) in [5.74, 6) is 0.193. The molecular formula is C20H13BrF3N7O2S. The maximum absolute atomic E-state index is 12.8. The van der Waals surface area contributed by atoms with E-state index in [1.54, 1.807) is 16.9 Å². The second-order valence-corrected chi connectivity index (χ2v) is 9.64. The first-order valence-electron chi connectivity index (χ1n) is 9.46. The molecule has 4 heterocycles. The fourth-order valence-corrected chi connectivity index (χ4v) is 4.65. The summed E-state index contributed by atoms with van der Waals surface area (Å²) >= 11 is 3.33. The topological polar surface area (TPSA) is 126 Å². The van der Waals surface area contributed by atoms with Crippen molar-refractivity contribution in [2.24, 2.45) is 0 Å². The molecule has 0 unspecified atom stereocenters. The fourth-order valence-electron chi connectivity index (χ4n) is 3.14. The number of halogens is 4. The van der Waals surface area contributed by atoms with E-state index >= 15 is 0 Å². The second kappa shape index (κ2) is 8.75. The molecule has 0 aliphatic carbocycles. The molecule has 0 aliphatic heterocycles. The van der Waals surface area contributed by atoms with Crippen molar-refractivity contribution >= 4 is 37.0 Å². The van der Waals surface area contributed by atoms with Crippen molar-refractivity contribution < 1.29 is 21.6 Å². The Morgan fingerprint density at radius 1 is 1.15 bits per heavy atom. The molecule has 0 amide bonds. The van der Waals surface area contributed by atoms with Gasteiger partial charge < -0.3 is 0 Å². The molecule has 1 atom stereocenters. The number of aromatic nitrogens is 5. The highest BCUT2D eigenvalue weighted by Crippen LogP contribution is 2.34. The Bertz CT molecular complexity index is 1520. The van der Waals surface area contributed by atoms with Crippen LogP contribution in [0.1, 0.15) is 12.5 Å². The number of pyridine rings is 2. The van der Waals surface area contributed by atoms with E-state index in [4.69, 9.17) is 0 Å². The quantitative estimate of drug-likeness (QED) is 0.400. The molecule has 14 heteroatoms. The van der Waals surface area contributed by atoms with E-state index in [0.29, 0.717) is 22.4 Å². The Kier molecular flexibility index (Phi) is 6.11. The molecule has 0 radical (unpaired) electrons.